The zero-order valence-corrected chi connectivity index (χ0v) is 19.1. The Morgan fingerprint density at radius 2 is 1.85 bits per heavy atom. The van der Waals surface area contributed by atoms with Crippen LogP contribution >= 0.6 is 11.3 Å². The molecule has 33 heavy (non-hydrogen) atoms. The number of fused-ring (bicyclic) bond motifs is 2. The van der Waals surface area contributed by atoms with Crippen molar-refractivity contribution in [1.82, 2.24) is 4.98 Å². The van der Waals surface area contributed by atoms with Gasteiger partial charge in [0, 0.05) is 0 Å². The molecule has 5 rings (SSSR count). The van der Waals surface area contributed by atoms with Crippen molar-refractivity contribution in [3.05, 3.63) is 91.8 Å². The van der Waals surface area contributed by atoms with Crippen LogP contribution in [0.5, 0.6) is 0 Å². The van der Waals surface area contributed by atoms with E-state index in [2.05, 4.69) is 4.98 Å². The fraction of sp³-hybridized carbons (Fsp3) is 0.200. The Hall–Kier alpha value is -3.78. The lowest BCUT2D eigenvalue weighted by atomic mass is 9.98. The van der Waals surface area contributed by atoms with Crippen LogP contribution in [-0.2, 0) is 4.74 Å². The highest BCUT2D eigenvalue weighted by Crippen LogP contribution is 2.43. The normalized spacial score (nSPS) is 15.2. The summed E-state index contributed by atoms with van der Waals surface area (Å²) in [6, 6.07) is 13.8. The van der Waals surface area contributed by atoms with E-state index in [0.717, 1.165) is 22.5 Å². The summed E-state index contributed by atoms with van der Waals surface area (Å²) in [4.78, 5) is 45.8. The third-order valence-electron chi connectivity index (χ3n) is 5.62. The average molecular weight is 461 g/mol. The van der Waals surface area contributed by atoms with Crippen molar-refractivity contribution in [2.75, 3.05) is 11.5 Å². The number of para-hydroxylation sites is 1. The molecule has 0 saturated carbocycles. The molecule has 0 N–H and O–H groups in total. The molecule has 0 aliphatic carbocycles. The van der Waals surface area contributed by atoms with Gasteiger partial charge < -0.3 is 9.15 Å². The molecule has 0 spiro atoms. The quantitative estimate of drug-likeness (QED) is 0.407. The highest BCUT2D eigenvalue weighted by Gasteiger charge is 2.45. The van der Waals surface area contributed by atoms with Crippen molar-refractivity contribution in [3.8, 4) is 0 Å². The van der Waals surface area contributed by atoms with Crippen molar-refractivity contribution in [3.63, 3.8) is 0 Å². The lowest BCUT2D eigenvalue weighted by molar-refractivity contribution is 0.0531. The van der Waals surface area contributed by atoms with Gasteiger partial charge in [0.25, 0.3) is 5.91 Å². The van der Waals surface area contributed by atoms with Crippen LogP contribution in [0.15, 0.2) is 57.7 Å². The van der Waals surface area contributed by atoms with E-state index in [1.165, 1.54) is 4.90 Å². The number of carbonyl (C=O) groups excluding carboxylic acids is 2. The number of thiazole rings is 1. The van der Waals surface area contributed by atoms with Crippen LogP contribution in [0.25, 0.3) is 11.0 Å². The molecule has 2 aromatic heterocycles. The summed E-state index contributed by atoms with van der Waals surface area (Å²) in [6.45, 7) is 5.62. The van der Waals surface area contributed by atoms with Gasteiger partial charge in [0.2, 0.25) is 5.76 Å². The lowest BCUT2D eigenvalue weighted by Gasteiger charge is -2.22. The number of hydrogen-bond acceptors (Lipinski definition) is 7. The predicted molar refractivity (Wildman–Crippen MR) is 125 cm³/mol. The number of benzene rings is 2. The molecule has 0 radical (unpaired) electrons. The van der Waals surface area contributed by atoms with Gasteiger partial charge in [-0.1, -0.05) is 53.3 Å². The average Bonchev–Trinajstić information content (AvgIpc) is 3.32. The SMILES string of the molecule is CCOC(=O)c1sc(N2C(=O)c3oc4ccccc4c(=O)c3[C@H]2c2ccc(C)cc2)nc1C. The first-order valence-corrected chi connectivity index (χ1v) is 11.3. The summed E-state index contributed by atoms with van der Waals surface area (Å²) in [6.07, 6.45) is 0. The maximum atomic E-state index is 13.6. The number of hydrogen-bond donors (Lipinski definition) is 0. The molecule has 7 nitrogen and oxygen atoms in total. The molecule has 0 bridgehead atoms. The molecule has 8 heteroatoms. The number of esters is 1. The minimum Gasteiger partial charge on any atom is -0.462 e. The maximum Gasteiger partial charge on any atom is 0.350 e. The Morgan fingerprint density at radius 3 is 2.58 bits per heavy atom. The number of aryl methyl sites for hydroxylation is 2. The number of amides is 1. The van der Waals surface area contributed by atoms with Crippen LogP contribution in [0.1, 0.15) is 55.6 Å². The molecule has 0 fully saturated rings. The molecule has 2 aromatic carbocycles. The second kappa shape index (κ2) is 7.97. The minimum atomic E-state index is -0.727. The molecule has 1 aliphatic heterocycles. The van der Waals surface area contributed by atoms with Gasteiger partial charge in [-0.25, -0.2) is 9.78 Å². The maximum absolute atomic E-state index is 13.6. The zero-order chi connectivity index (χ0) is 23.3. The van der Waals surface area contributed by atoms with Gasteiger partial charge in [0.15, 0.2) is 10.6 Å². The predicted octanol–water partition coefficient (Wildman–Crippen LogP) is 4.79. The van der Waals surface area contributed by atoms with Crippen molar-refractivity contribution < 1.29 is 18.7 Å². The van der Waals surface area contributed by atoms with Crippen molar-refractivity contribution in [2.24, 2.45) is 0 Å². The van der Waals surface area contributed by atoms with E-state index in [0.29, 0.717) is 26.7 Å². The van der Waals surface area contributed by atoms with E-state index in [9.17, 15) is 14.4 Å². The Morgan fingerprint density at radius 1 is 1.12 bits per heavy atom. The van der Waals surface area contributed by atoms with E-state index in [-0.39, 0.29) is 23.4 Å². The van der Waals surface area contributed by atoms with Crippen LogP contribution in [-0.4, -0.2) is 23.5 Å². The number of nitrogens with zero attached hydrogens (tertiary/aromatic N) is 2. The number of anilines is 1. The van der Waals surface area contributed by atoms with Crippen molar-refractivity contribution >= 4 is 39.3 Å². The fourth-order valence-corrected chi connectivity index (χ4v) is 5.04. The van der Waals surface area contributed by atoms with E-state index >= 15 is 0 Å². The molecule has 0 saturated heterocycles. The van der Waals surface area contributed by atoms with Gasteiger partial charge in [0.1, 0.15) is 10.5 Å². The van der Waals surface area contributed by atoms with Gasteiger partial charge in [-0.15, -0.1) is 0 Å². The summed E-state index contributed by atoms with van der Waals surface area (Å²) >= 11 is 1.07. The number of carbonyl (C=O) groups is 2. The molecule has 3 heterocycles. The second-order valence-corrected chi connectivity index (χ2v) is 8.77. The molecule has 1 atom stereocenters. The monoisotopic (exact) mass is 460 g/mol. The third-order valence-corrected chi connectivity index (χ3v) is 6.76. The molecule has 0 unspecified atom stereocenters. The number of aromatic nitrogens is 1. The Kier molecular flexibility index (Phi) is 5.09. The molecular weight excluding hydrogens is 440 g/mol. The van der Waals surface area contributed by atoms with Crippen LogP contribution < -0.4 is 10.3 Å². The van der Waals surface area contributed by atoms with Crippen LogP contribution in [0, 0.1) is 13.8 Å². The summed E-state index contributed by atoms with van der Waals surface area (Å²) in [5.74, 6) is -0.966. The molecule has 166 valence electrons. The van der Waals surface area contributed by atoms with Crippen LogP contribution in [0.3, 0.4) is 0 Å². The van der Waals surface area contributed by atoms with Gasteiger partial charge in [-0.2, -0.15) is 0 Å². The molecular formula is C25H20N2O5S. The topological polar surface area (TPSA) is 89.7 Å². The summed E-state index contributed by atoms with van der Waals surface area (Å²) in [5, 5.41) is 0.714. The Balaban J connectivity index is 1.74. The first-order valence-electron chi connectivity index (χ1n) is 10.5. The van der Waals surface area contributed by atoms with E-state index in [4.69, 9.17) is 9.15 Å². The second-order valence-electron chi connectivity index (χ2n) is 7.79. The lowest BCUT2D eigenvalue weighted by Crippen LogP contribution is -2.29. The third kappa shape index (κ3) is 3.34. The first kappa shape index (κ1) is 21.1. The van der Waals surface area contributed by atoms with Crippen molar-refractivity contribution in [2.45, 2.75) is 26.8 Å². The number of rotatable bonds is 4. The highest BCUT2D eigenvalue weighted by atomic mass is 32.1. The Labute approximate surface area is 193 Å². The number of ether oxygens (including phenoxy) is 1. The summed E-state index contributed by atoms with van der Waals surface area (Å²) in [7, 11) is 0. The first-order chi connectivity index (χ1) is 15.9. The fourth-order valence-electron chi connectivity index (χ4n) is 4.05. The largest absolute Gasteiger partial charge is 0.462 e. The summed E-state index contributed by atoms with van der Waals surface area (Å²) in [5.41, 5.74) is 2.63. The van der Waals surface area contributed by atoms with E-state index in [1.807, 2.05) is 31.2 Å². The molecule has 1 aliphatic rings. The highest BCUT2D eigenvalue weighted by molar-refractivity contribution is 7.17. The summed E-state index contributed by atoms with van der Waals surface area (Å²) < 4.78 is 11.1. The van der Waals surface area contributed by atoms with E-state index < -0.39 is 17.9 Å². The minimum absolute atomic E-state index is 0.00480. The standard InChI is InChI=1S/C25H20N2O5S/c1-4-31-24(30)22-14(3)26-25(33-22)27-19(15-11-9-13(2)10-12-15)18-20(28)16-7-5-6-8-17(16)32-21(18)23(27)29/h5-12,19H,4H2,1-3H3/t19-/m1/s1. The smallest absolute Gasteiger partial charge is 0.350 e. The zero-order valence-electron chi connectivity index (χ0n) is 18.2. The van der Waals surface area contributed by atoms with Gasteiger partial charge in [-0.3, -0.25) is 14.5 Å². The van der Waals surface area contributed by atoms with Gasteiger partial charge in [0.05, 0.1) is 29.3 Å². The Bertz CT molecular complexity index is 1470. The molecule has 1 amide bonds. The van der Waals surface area contributed by atoms with E-state index in [1.54, 1.807) is 38.1 Å². The van der Waals surface area contributed by atoms with Gasteiger partial charge in [-0.05, 0) is 38.5 Å². The molecule has 4 aromatic rings. The van der Waals surface area contributed by atoms with Crippen molar-refractivity contribution in [1.29, 1.82) is 0 Å². The van der Waals surface area contributed by atoms with Crippen LogP contribution in [0.4, 0.5) is 5.13 Å². The van der Waals surface area contributed by atoms with Crippen LogP contribution in [0.2, 0.25) is 0 Å². The van der Waals surface area contributed by atoms with Gasteiger partial charge >= 0.3 is 5.97 Å².